The monoisotopic (exact) mass is 644 g/mol. The highest BCUT2D eigenvalue weighted by Gasteiger charge is 2.57. The Morgan fingerprint density at radius 2 is 1.96 bits per heavy atom. The Hall–Kier alpha value is -4.49. The molecule has 1 unspecified atom stereocenters. The molecule has 2 aromatic heterocycles. The quantitative estimate of drug-likeness (QED) is 0.231. The summed E-state index contributed by atoms with van der Waals surface area (Å²) in [6.07, 6.45) is -2.24. The molecule has 234 valence electrons. The molecule has 3 heterocycles. The Balaban J connectivity index is 1.41. The average molecular weight is 645 g/mol. The van der Waals surface area contributed by atoms with E-state index in [1.807, 2.05) is 0 Å². The standard InChI is InChI=1S/C31H25ClF4N4O5/c1-29(28(37)42)14-44-26-19(29)12-23(40-25(26)16-4-7-20(32)21(33)10-16)30(43,31(34,35)36)13-39-27(41)17-9-15-3-2-8-38-24(15)22(11-17)45-18-5-6-18/h2-4,7-12,18,43H,5-6,13-14H2,1H3,(H2,37,42)(H,39,41)/t29-,30?/m0/s1. The summed E-state index contributed by atoms with van der Waals surface area (Å²) >= 11 is 5.80. The number of amides is 2. The van der Waals surface area contributed by atoms with Crippen LogP contribution in [0.25, 0.3) is 22.2 Å². The normalized spacial score (nSPS) is 19.0. The van der Waals surface area contributed by atoms with Gasteiger partial charge in [-0.15, -0.1) is 0 Å². The maximum Gasteiger partial charge on any atom is 0.424 e. The minimum Gasteiger partial charge on any atom is -0.489 e. The zero-order chi connectivity index (χ0) is 32.3. The molecule has 0 bridgehead atoms. The van der Waals surface area contributed by atoms with Crippen LogP contribution in [0, 0.1) is 5.82 Å². The SMILES string of the molecule is C[C@]1(C(N)=O)COc2c1cc(C(O)(CNC(=O)c1cc(OC3CC3)c3ncccc3c1)C(F)(F)F)nc2-c1ccc(Cl)c(F)c1. The highest BCUT2D eigenvalue weighted by atomic mass is 35.5. The van der Waals surface area contributed by atoms with Crippen LogP contribution in [0.1, 0.15) is 41.4 Å². The predicted molar refractivity (Wildman–Crippen MR) is 154 cm³/mol. The Morgan fingerprint density at radius 3 is 2.62 bits per heavy atom. The minimum atomic E-state index is -5.39. The van der Waals surface area contributed by atoms with Crippen LogP contribution in [0.2, 0.25) is 5.02 Å². The van der Waals surface area contributed by atoms with E-state index in [9.17, 15) is 32.3 Å². The first-order valence-corrected chi connectivity index (χ1v) is 14.2. The molecular formula is C31H25ClF4N4O5. The van der Waals surface area contributed by atoms with Crippen LogP contribution in [0.5, 0.6) is 11.5 Å². The van der Waals surface area contributed by atoms with E-state index in [-0.39, 0.29) is 45.9 Å². The number of fused-ring (bicyclic) bond motifs is 2. The number of nitrogens with one attached hydrogen (secondary N) is 1. The van der Waals surface area contributed by atoms with Gasteiger partial charge in [0, 0.05) is 28.3 Å². The van der Waals surface area contributed by atoms with E-state index in [1.165, 1.54) is 31.2 Å². The molecule has 1 aliphatic heterocycles. The second-order valence-corrected chi connectivity index (χ2v) is 11.7. The molecule has 2 amide bonds. The number of rotatable bonds is 8. The van der Waals surface area contributed by atoms with Gasteiger partial charge in [-0.05, 0) is 56.2 Å². The van der Waals surface area contributed by atoms with E-state index >= 15 is 0 Å². The van der Waals surface area contributed by atoms with Gasteiger partial charge in [0.1, 0.15) is 40.5 Å². The summed E-state index contributed by atoms with van der Waals surface area (Å²) in [6, 6.07) is 10.4. The maximum absolute atomic E-state index is 14.7. The minimum absolute atomic E-state index is 0.0235. The number of aliphatic hydroxyl groups is 1. The molecular weight excluding hydrogens is 620 g/mol. The molecule has 4 N–H and O–H groups in total. The highest BCUT2D eigenvalue weighted by molar-refractivity contribution is 6.30. The maximum atomic E-state index is 14.7. The number of nitrogens with zero attached hydrogens (tertiary/aromatic N) is 2. The molecule has 14 heteroatoms. The van der Waals surface area contributed by atoms with E-state index in [0.717, 1.165) is 25.0 Å². The van der Waals surface area contributed by atoms with Crippen LogP contribution in [0.15, 0.2) is 54.7 Å². The summed E-state index contributed by atoms with van der Waals surface area (Å²) in [4.78, 5) is 34.1. The molecule has 0 saturated heterocycles. The number of nitrogens with two attached hydrogens (primary N) is 1. The zero-order valence-corrected chi connectivity index (χ0v) is 24.3. The number of halogens is 5. The molecule has 1 fully saturated rings. The lowest BCUT2D eigenvalue weighted by molar-refractivity contribution is -0.265. The summed E-state index contributed by atoms with van der Waals surface area (Å²) in [5, 5.41) is 13.7. The number of hydrogen-bond acceptors (Lipinski definition) is 7. The topological polar surface area (TPSA) is 137 Å². The number of hydrogen-bond donors (Lipinski definition) is 3. The number of carbonyl (C=O) groups is 2. The van der Waals surface area contributed by atoms with Crippen LogP contribution >= 0.6 is 11.6 Å². The van der Waals surface area contributed by atoms with E-state index in [1.54, 1.807) is 18.3 Å². The molecule has 45 heavy (non-hydrogen) atoms. The molecule has 1 aliphatic carbocycles. The third kappa shape index (κ3) is 5.39. The zero-order valence-electron chi connectivity index (χ0n) is 23.5. The summed E-state index contributed by atoms with van der Waals surface area (Å²) in [5.41, 5.74) is -0.718. The summed E-state index contributed by atoms with van der Waals surface area (Å²) < 4.78 is 70.2. The Bertz CT molecular complexity index is 1870. The van der Waals surface area contributed by atoms with Gasteiger partial charge >= 0.3 is 6.18 Å². The van der Waals surface area contributed by atoms with Crippen molar-refractivity contribution in [1.82, 2.24) is 15.3 Å². The molecule has 2 aromatic carbocycles. The van der Waals surface area contributed by atoms with Gasteiger partial charge in [-0.1, -0.05) is 23.7 Å². The highest BCUT2D eigenvalue weighted by Crippen LogP contribution is 2.48. The van der Waals surface area contributed by atoms with E-state index in [2.05, 4.69) is 15.3 Å². The molecule has 0 spiro atoms. The molecule has 0 radical (unpaired) electrons. The Kier molecular flexibility index (Phi) is 7.36. The number of primary amides is 1. The summed E-state index contributed by atoms with van der Waals surface area (Å²) in [7, 11) is 0. The van der Waals surface area contributed by atoms with Crippen LogP contribution < -0.4 is 20.5 Å². The van der Waals surface area contributed by atoms with Crippen molar-refractivity contribution in [2.45, 2.75) is 43.1 Å². The second kappa shape index (κ2) is 10.8. The van der Waals surface area contributed by atoms with Crippen LogP contribution in [-0.4, -0.2) is 52.3 Å². The first-order chi connectivity index (χ1) is 21.2. The third-order valence-corrected chi connectivity index (χ3v) is 8.26. The summed E-state index contributed by atoms with van der Waals surface area (Å²) in [6.45, 7) is -0.343. The van der Waals surface area contributed by atoms with Gasteiger partial charge in [0.25, 0.3) is 5.91 Å². The van der Waals surface area contributed by atoms with Crippen molar-refractivity contribution in [2.75, 3.05) is 13.2 Å². The predicted octanol–water partition coefficient (Wildman–Crippen LogP) is 4.95. The first-order valence-electron chi connectivity index (χ1n) is 13.8. The molecule has 4 aromatic rings. The third-order valence-electron chi connectivity index (χ3n) is 7.96. The Labute approximate surface area is 258 Å². The smallest absolute Gasteiger partial charge is 0.424 e. The van der Waals surface area contributed by atoms with Crippen molar-refractivity contribution in [3.63, 3.8) is 0 Å². The van der Waals surface area contributed by atoms with Crippen LogP contribution in [-0.2, 0) is 15.8 Å². The Morgan fingerprint density at radius 1 is 1.20 bits per heavy atom. The number of benzene rings is 2. The molecule has 2 atom stereocenters. The molecule has 2 aliphatic rings. The van der Waals surface area contributed by atoms with Crippen molar-refractivity contribution in [2.24, 2.45) is 5.73 Å². The number of pyridine rings is 2. The van der Waals surface area contributed by atoms with Gasteiger partial charge in [0.2, 0.25) is 11.5 Å². The second-order valence-electron chi connectivity index (χ2n) is 11.3. The van der Waals surface area contributed by atoms with Gasteiger partial charge < -0.3 is 25.6 Å². The fourth-order valence-electron chi connectivity index (χ4n) is 5.03. The largest absolute Gasteiger partial charge is 0.489 e. The fraction of sp³-hybridized carbons (Fsp3) is 0.290. The lowest BCUT2D eigenvalue weighted by Gasteiger charge is -2.31. The van der Waals surface area contributed by atoms with E-state index < -0.39 is 47.1 Å². The van der Waals surface area contributed by atoms with Crippen molar-refractivity contribution in [3.05, 3.63) is 82.4 Å². The van der Waals surface area contributed by atoms with Gasteiger partial charge in [0.15, 0.2) is 0 Å². The lowest BCUT2D eigenvalue weighted by Crippen LogP contribution is -2.51. The summed E-state index contributed by atoms with van der Waals surface area (Å²) in [5.74, 6) is -2.54. The fourth-order valence-corrected chi connectivity index (χ4v) is 5.15. The van der Waals surface area contributed by atoms with Crippen molar-refractivity contribution < 1.29 is 41.7 Å². The van der Waals surface area contributed by atoms with Crippen molar-refractivity contribution in [1.29, 1.82) is 0 Å². The van der Waals surface area contributed by atoms with E-state index in [4.69, 9.17) is 26.8 Å². The number of alkyl halides is 3. The first kappa shape index (κ1) is 30.5. The van der Waals surface area contributed by atoms with Crippen molar-refractivity contribution in [3.8, 4) is 22.8 Å². The van der Waals surface area contributed by atoms with Crippen molar-refractivity contribution >= 4 is 34.3 Å². The lowest BCUT2D eigenvalue weighted by atomic mass is 9.81. The molecule has 9 nitrogen and oxygen atoms in total. The molecule has 1 saturated carbocycles. The van der Waals surface area contributed by atoms with E-state index in [0.29, 0.717) is 16.7 Å². The van der Waals surface area contributed by atoms with Gasteiger partial charge in [-0.25, -0.2) is 9.37 Å². The molecule has 6 rings (SSSR count). The van der Waals surface area contributed by atoms with Crippen LogP contribution in [0.4, 0.5) is 17.6 Å². The average Bonchev–Trinajstić information content (AvgIpc) is 3.75. The number of ether oxygens (including phenoxy) is 2. The van der Waals surface area contributed by atoms with Gasteiger partial charge in [0.05, 0.1) is 23.4 Å². The number of carbonyl (C=O) groups excluding carboxylic acids is 2. The van der Waals surface area contributed by atoms with Gasteiger partial charge in [-0.3, -0.25) is 14.6 Å². The van der Waals surface area contributed by atoms with Gasteiger partial charge in [-0.2, -0.15) is 13.2 Å². The number of aromatic nitrogens is 2. The van der Waals surface area contributed by atoms with Crippen LogP contribution in [0.3, 0.4) is 0 Å².